The van der Waals surface area contributed by atoms with E-state index in [9.17, 15) is 13.2 Å². The van der Waals surface area contributed by atoms with E-state index in [1.165, 1.54) is 4.31 Å². The molecule has 0 unspecified atom stereocenters. The van der Waals surface area contributed by atoms with E-state index in [1.54, 1.807) is 24.3 Å². The molecule has 0 aliphatic carbocycles. The van der Waals surface area contributed by atoms with Crippen LogP contribution in [0.5, 0.6) is 5.75 Å². The highest BCUT2D eigenvalue weighted by atomic mass is 32.2. The Morgan fingerprint density at radius 2 is 1.76 bits per heavy atom. The van der Waals surface area contributed by atoms with Crippen molar-refractivity contribution in [3.63, 3.8) is 0 Å². The summed E-state index contributed by atoms with van der Waals surface area (Å²) in [5, 5.41) is 2.78. The largest absolute Gasteiger partial charge is 0.491 e. The molecule has 142 valence electrons. The zero-order chi connectivity index (χ0) is 19.0. The number of hydrogen-bond donors (Lipinski definition) is 1. The number of nitrogens with zero attached hydrogens (tertiary/aromatic N) is 2. The van der Waals surface area contributed by atoms with Gasteiger partial charge in [-0.1, -0.05) is 0 Å². The quantitative estimate of drug-likeness (QED) is 0.671. The second kappa shape index (κ2) is 9.62. The third-order valence-corrected chi connectivity index (χ3v) is 4.51. The number of carbonyl (C=O) groups is 1. The average molecular weight is 372 g/mol. The highest BCUT2D eigenvalue weighted by molar-refractivity contribution is 7.92. The van der Waals surface area contributed by atoms with Crippen LogP contribution in [0.3, 0.4) is 0 Å². The molecule has 0 bridgehead atoms. The van der Waals surface area contributed by atoms with Crippen LogP contribution in [0.15, 0.2) is 24.3 Å². The van der Waals surface area contributed by atoms with Crippen molar-refractivity contribution in [2.45, 2.75) is 26.4 Å². The van der Waals surface area contributed by atoms with Gasteiger partial charge < -0.3 is 15.0 Å². The monoisotopic (exact) mass is 371 g/mol. The molecule has 0 aromatic heterocycles. The molecule has 0 aliphatic heterocycles. The minimum absolute atomic E-state index is 0.0442. The fourth-order valence-corrected chi connectivity index (χ4v) is 3.09. The minimum Gasteiger partial charge on any atom is -0.491 e. The van der Waals surface area contributed by atoms with Crippen LogP contribution in [0.4, 0.5) is 5.69 Å². The Kier molecular flexibility index (Phi) is 8.18. The molecule has 0 heterocycles. The number of nitrogens with one attached hydrogen (secondary N) is 1. The molecule has 0 spiro atoms. The number of hydrogen-bond acceptors (Lipinski definition) is 5. The fourth-order valence-electron chi connectivity index (χ4n) is 2.16. The van der Waals surface area contributed by atoms with Gasteiger partial charge in [0.2, 0.25) is 15.9 Å². The third-order valence-electron chi connectivity index (χ3n) is 3.32. The van der Waals surface area contributed by atoms with Crippen molar-refractivity contribution in [2.75, 3.05) is 44.3 Å². The maximum Gasteiger partial charge on any atom is 0.232 e. The molecule has 0 atom stereocenters. The lowest BCUT2D eigenvalue weighted by atomic mass is 10.3. The Morgan fingerprint density at radius 3 is 2.24 bits per heavy atom. The van der Waals surface area contributed by atoms with Crippen LogP contribution in [0.1, 0.15) is 20.3 Å². The number of likely N-dealkylation sites (N-methyl/N-ethyl adjacent to an activating group) is 1. The minimum atomic E-state index is -3.48. The zero-order valence-corrected chi connectivity index (χ0v) is 16.5. The molecule has 8 heteroatoms. The third kappa shape index (κ3) is 8.22. The summed E-state index contributed by atoms with van der Waals surface area (Å²) >= 11 is 0. The Bertz CT molecular complexity index is 642. The van der Waals surface area contributed by atoms with Crippen LogP contribution >= 0.6 is 0 Å². The lowest BCUT2D eigenvalue weighted by Gasteiger charge is -2.22. The van der Waals surface area contributed by atoms with E-state index >= 15 is 0 Å². The predicted octanol–water partition coefficient (Wildman–Crippen LogP) is 1.31. The molecule has 1 amide bonds. The summed E-state index contributed by atoms with van der Waals surface area (Å²) in [6.07, 6.45) is 1.28. The SMILES string of the molecule is CC(C)Oc1ccc(N(CCC(=O)NCCN(C)C)S(C)(=O)=O)cc1. The number of rotatable bonds is 10. The van der Waals surface area contributed by atoms with Gasteiger partial charge in [-0.15, -0.1) is 0 Å². The van der Waals surface area contributed by atoms with Crippen LogP contribution in [0.25, 0.3) is 0 Å². The van der Waals surface area contributed by atoms with Gasteiger partial charge in [0.05, 0.1) is 18.0 Å². The number of carbonyl (C=O) groups excluding carboxylic acids is 1. The van der Waals surface area contributed by atoms with E-state index < -0.39 is 10.0 Å². The Labute approximate surface area is 151 Å². The van der Waals surface area contributed by atoms with Crippen molar-refractivity contribution in [1.29, 1.82) is 0 Å². The van der Waals surface area contributed by atoms with Crippen molar-refractivity contribution in [3.8, 4) is 5.75 Å². The second-order valence-corrected chi connectivity index (χ2v) is 8.31. The highest BCUT2D eigenvalue weighted by Gasteiger charge is 2.18. The number of ether oxygens (including phenoxy) is 1. The number of anilines is 1. The van der Waals surface area contributed by atoms with Crippen molar-refractivity contribution in [1.82, 2.24) is 10.2 Å². The molecular formula is C17H29N3O4S. The van der Waals surface area contributed by atoms with E-state index in [0.717, 1.165) is 12.8 Å². The van der Waals surface area contributed by atoms with Crippen LogP contribution in [0, 0.1) is 0 Å². The molecule has 1 N–H and O–H groups in total. The van der Waals surface area contributed by atoms with Crippen molar-refractivity contribution >= 4 is 21.6 Å². The van der Waals surface area contributed by atoms with Gasteiger partial charge in [-0.05, 0) is 52.2 Å². The summed E-state index contributed by atoms with van der Waals surface area (Å²) in [6.45, 7) is 5.21. The van der Waals surface area contributed by atoms with Crippen LogP contribution < -0.4 is 14.4 Å². The van der Waals surface area contributed by atoms with Gasteiger partial charge in [0, 0.05) is 26.1 Å². The van der Waals surface area contributed by atoms with Crippen molar-refractivity contribution in [3.05, 3.63) is 24.3 Å². The van der Waals surface area contributed by atoms with E-state index in [-0.39, 0.29) is 25.0 Å². The summed E-state index contributed by atoms with van der Waals surface area (Å²) in [5.74, 6) is 0.504. The summed E-state index contributed by atoms with van der Waals surface area (Å²) in [5.41, 5.74) is 0.514. The van der Waals surface area contributed by atoms with E-state index in [2.05, 4.69) is 5.32 Å². The average Bonchev–Trinajstić information content (AvgIpc) is 2.46. The van der Waals surface area contributed by atoms with Crippen molar-refractivity contribution < 1.29 is 17.9 Å². The van der Waals surface area contributed by atoms with Crippen LogP contribution in [-0.4, -0.2) is 65.3 Å². The van der Waals surface area contributed by atoms with Gasteiger partial charge in [-0.25, -0.2) is 8.42 Å². The molecule has 25 heavy (non-hydrogen) atoms. The summed E-state index contributed by atoms with van der Waals surface area (Å²) < 4.78 is 30.9. The van der Waals surface area contributed by atoms with Gasteiger partial charge in [-0.3, -0.25) is 9.10 Å². The van der Waals surface area contributed by atoms with Gasteiger partial charge in [0.15, 0.2) is 0 Å². The molecule has 0 aliphatic rings. The lowest BCUT2D eigenvalue weighted by molar-refractivity contribution is -0.120. The zero-order valence-electron chi connectivity index (χ0n) is 15.7. The van der Waals surface area contributed by atoms with Crippen LogP contribution in [-0.2, 0) is 14.8 Å². The molecule has 0 radical (unpaired) electrons. The maximum absolute atomic E-state index is 12.1. The molecule has 1 rings (SSSR count). The summed E-state index contributed by atoms with van der Waals surface area (Å²) in [4.78, 5) is 13.9. The van der Waals surface area contributed by atoms with Crippen molar-refractivity contribution in [2.24, 2.45) is 0 Å². The standard InChI is InChI=1S/C17H29N3O4S/c1-14(2)24-16-8-6-15(7-9-16)20(25(5,22)23)12-10-17(21)18-11-13-19(3)4/h6-9,14H,10-13H2,1-5H3,(H,18,21). The smallest absolute Gasteiger partial charge is 0.232 e. The molecular weight excluding hydrogens is 342 g/mol. The molecule has 0 saturated heterocycles. The second-order valence-electron chi connectivity index (χ2n) is 6.40. The van der Waals surface area contributed by atoms with Gasteiger partial charge >= 0.3 is 0 Å². The first-order valence-electron chi connectivity index (χ1n) is 8.25. The molecule has 1 aromatic rings. The summed E-state index contributed by atoms with van der Waals surface area (Å²) in [6, 6.07) is 6.82. The van der Waals surface area contributed by atoms with E-state index in [0.29, 0.717) is 18.0 Å². The Morgan fingerprint density at radius 1 is 1.16 bits per heavy atom. The number of sulfonamides is 1. The number of amides is 1. The fraction of sp³-hybridized carbons (Fsp3) is 0.588. The first-order chi connectivity index (χ1) is 11.6. The predicted molar refractivity (Wildman–Crippen MR) is 101 cm³/mol. The first-order valence-corrected chi connectivity index (χ1v) is 10.1. The first kappa shape index (κ1) is 21.2. The molecule has 7 nitrogen and oxygen atoms in total. The van der Waals surface area contributed by atoms with E-state index in [1.807, 2.05) is 32.8 Å². The normalized spacial score (nSPS) is 11.6. The topological polar surface area (TPSA) is 79.0 Å². The van der Waals surface area contributed by atoms with Crippen LogP contribution in [0.2, 0.25) is 0 Å². The van der Waals surface area contributed by atoms with Gasteiger partial charge in [0.25, 0.3) is 0 Å². The number of benzene rings is 1. The molecule has 0 fully saturated rings. The highest BCUT2D eigenvalue weighted by Crippen LogP contribution is 2.22. The molecule has 1 aromatic carbocycles. The lowest BCUT2D eigenvalue weighted by Crippen LogP contribution is -2.36. The Hall–Kier alpha value is -1.80. The maximum atomic E-state index is 12.1. The summed E-state index contributed by atoms with van der Waals surface area (Å²) in [7, 11) is 0.362. The van der Waals surface area contributed by atoms with E-state index in [4.69, 9.17) is 4.74 Å². The van der Waals surface area contributed by atoms with Gasteiger partial charge in [0.1, 0.15) is 5.75 Å². The van der Waals surface area contributed by atoms with Gasteiger partial charge in [-0.2, -0.15) is 0 Å². The Balaban J connectivity index is 2.71. The molecule has 0 saturated carbocycles.